The van der Waals surface area contributed by atoms with Gasteiger partial charge in [0.25, 0.3) is 0 Å². The number of nitrogens with zero attached hydrogens (tertiary/aromatic N) is 6. The molecule has 10 aromatic rings. The lowest BCUT2D eigenvalue weighted by Gasteiger charge is -2.16. The fourth-order valence-electron chi connectivity index (χ4n) is 7.54. The molecule has 0 saturated heterocycles. The first-order valence-corrected chi connectivity index (χ1v) is 20.0. The Morgan fingerprint density at radius 1 is 0.323 bits per heavy atom. The van der Waals surface area contributed by atoms with Crippen LogP contribution in [0.15, 0.2) is 218 Å². The summed E-state index contributed by atoms with van der Waals surface area (Å²) in [5.74, 6) is 0.959. The molecule has 290 valence electrons. The zero-order chi connectivity index (χ0) is 46.0. The molecule has 0 amide bonds. The lowest BCUT2D eigenvalue weighted by Crippen LogP contribution is -2.01. The Bertz CT molecular complexity index is 3460. The molecule has 0 aliphatic rings. The Morgan fingerprint density at radius 3 is 1.58 bits per heavy atom. The van der Waals surface area contributed by atoms with Crippen LogP contribution in [0.25, 0.3) is 101 Å². The van der Waals surface area contributed by atoms with Gasteiger partial charge in [0.05, 0.1) is 29.9 Å². The van der Waals surface area contributed by atoms with Crippen LogP contribution in [0.5, 0.6) is 0 Å². The van der Waals surface area contributed by atoms with E-state index in [1.807, 2.05) is 164 Å². The summed E-state index contributed by atoms with van der Waals surface area (Å²) in [5.41, 5.74) is 10.8. The van der Waals surface area contributed by atoms with E-state index in [-0.39, 0.29) is 23.0 Å². The minimum atomic E-state index is -0.520. The monoisotopic (exact) mass is 797 g/mol. The van der Waals surface area contributed by atoms with Crippen molar-refractivity contribution < 1.29 is 6.85 Å². The molecule has 0 spiro atoms. The van der Waals surface area contributed by atoms with Crippen molar-refractivity contribution in [2.45, 2.75) is 0 Å². The van der Waals surface area contributed by atoms with Crippen molar-refractivity contribution in [2.24, 2.45) is 0 Å². The molecule has 2 aromatic heterocycles. The van der Waals surface area contributed by atoms with E-state index in [0.717, 1.165) is 61.5 Å². The summed E-state index contributed by atoms with van der Waals surface area (Å²) in [6.45, 7) is 0. The molecule has 6 heteroatoms. The van der Waals surface area contributed by atoms with Crippen molar-refractivity contribution >= 4 is 0 Å². The summed E-state index contributed by atoms with van der Waals surface area (Å²) in [6.07, 6.45) is 0. The smallest absolute Gasteiger partial charge is 0.164 e. The maximum absolute atomic E-state index is 9.93. The van der Waals surface area contributed by atoms with E-state index in [1.54, 1.807) is 6.07 Å². The SMILES string of the molecule is [2H]c1c([2H])c([2H])c(-c2nc(-c3cccc(-c4ccccc4C#N)c3)nc(-c3ccc(-c4ccccc4-c4cc(-c5ccccc5)nc(-c5ccccc5)n4)cc3-c3ccccc3)n2)c([2H])c1[2H]. The Labute approximate surface area is 367 Å². The van der Waals surface area contributed by atoms with Crippen molar-refractivity contribution in [3.05, 3.63) is 224 Å². The van der Waals surface area contributed by atoms with E-state index in [4.69, 9.17) is 31.8 Å². The van der Waals surface area contributed by atoms with Crippen LogP contribution in [0.3, 0.4) is 0 Å². The molecule has 0 radical (unpaired) electrons. The number of benzene rings is 8. The number of hydrogen-bond acceptors (Lipinski definition) is 6. The fourth-order valence-corrected chi connectivity index (χ4v) is 7.54. The topological polar surface area (TPSA) is 88.2 Å². The Kier molecular flexibility index (Phi) is 8.79. The van der Waals surface area contributed by atoms with E-state index < -0.39 is 30.2 Å². The molecular weight excluding hydrogens is 757 g/mol. The van der Waals surface area contributed by atoms with E-state index in [0.29, 0.717) is 22.5 Å². The number of aromatic nitrogens is 5. The van der Waals surface area contributed by atoms with Crippen LogP contribution < -0.4 is 0 Å². The molecule has 0 fully saturated rings. The van der Waals surface area contributed by atoms with Crippen molar-refractivity contribution in [1.29, 1.82) is 5.26 Å². The Balaban J connectivity index is 1.18. The molecular formula is C56H36N6. The minimum Gasteiger partial charge on any atom is -0.228 e. The highest BCUT2D eigenvalue weighted by Crippen LogP contribution is 2.40. The van der Waals surface area contributed by atoms with Crippen LogP contribution in [-0.4, -0.2) is 24.9 Å². The highest BCUT2D eigenvalue weighted by Gasteiger charge is 2.20. The van der Waals surface area contributed by atoms with Gasteiger partial charge < -0.3 is 0 Å². The van der Waals surface area contributed by atoms with Gasteiger partial charge in [-0.1, -0.05) is 188 Å². The molecule has 0 atom stereocenters. The quantitative estimate of drug-likeness (QED) is 0.144. The normalized spacial score (nSPS) is 12.0. The number of rotatable bonds is 9. The van der Waals surface area contributed by atoms with Crippen LogP contribution in [-0.2, 0) is 0 Å². The zero-order valence-electron chi connectivity index (χ0n) is 38.1. The average Bonchev–Trinajstić information content (AvgIpc) is 3.40. The minimum absolute atomic E-state index is 0.0829. The first-order valence-electron chi connectivity index (χ1n) is 22.5. The second-order valence-electron chi connectivity index (χ2n) is 14.4. The molecule has 6 nitrogen and oxygen atoms in total. The maximum Gasteiger partial charge on any atom is 0.164 e. The van der Waals surface area contributed by atoms with Gasteiger partial charge in [0.1, 0.15) is 0 Å². The second-order valence-corrected chi connectivity index (χ2v) is 14.4. The fraction of sp³-hybridized carbons (Fsp3) is 0. The summed E-state index contributed by atoms with van der Waals surface area (Å²) in [6, 6.07) is 60.7. The molecule has 8 aromatic carbocycles. The summed E-state index contributed by atoms with van der Waals surface area (Å²) in [4.78, 5) is 25.0. The van der Waals surface area contributed by atoms with Crippen molar-refractivity contribution in [3.8, 4) is 108 Å². The highest BCUT2D eigenvalue weighted by atomic mass is 15.0. The highest BCUT2D eigenvalue weighted by molar-refractivity contribution is 5.90. The van der Waals surface area contributed by atoms with E-state index in [1.165, 1.54) is 0 Å². The predicted molar refractivity (Wildman–Crippen MR) is 249 cm³/mol. The third kappa shape index (κ3) is 7.66. The summed E-state index contributed by atoms with van der Waals surface area (Å²) in [5, 5.41) is 9.93. The van der Waals surface area contributed by atoms with Gasteiger partial charge in [-0.25, -0.2) is 24.9 Å². The number of nitriles is 1. The van der Waals surface area contributed by atoms with Gasteiger partial charge in [0.2, 0.25) is 0 Å². The molecule has 0 saturated carbocycles. The van der Waals surface area contributed by atoms with Gasteiger partial charge in [0, 0.05) is 33.4 Å². The summed E-state index contributed by atoms with van der Waals surface area (Å²) in [7, 11) is 0. The van der Waals surface area contributed by atoms with E-state index in [9.17, 15) is 5.26 Å². The largest absolute Gasteiger partial charge is 0.228 e. The molecule has 0 aliphatic carbocycles. The lowest BCUT2D eigenvalue weighted by molar-refractivity contribution is 1.07. The molecule has 0 aliphatic heterocycles. The van der Waals surface area contributed by atoms with Crippen LogP contribution in [0.1, 0.15) is 12.4 Å². The van der Waals surface area contributed by atoms with Crippen LogP contribution >= 0.6 is 0 Å². The van der Waals surface area contributed by atoms with Gasteiger partial charge >= 0.3 is 0 Å². The molecule has 0 unspecified atom stereocenters. The zero-order valence-corrected chi connectivity index (χ0v) is 33.1. The number of hydrogen-bond donors (Lipinski definition) is 0. The van der Waals surface area contributed by atoms with E-state index >= 15 is 0 Å². The molecule has 2 heterocycles. The Hall–Kier alpha value is -8.66. The van der Waals surface area contributed by atoms with E-state index in [2.05, 4.69) is 24.3 Å². The van der Waals surface area contributed by atoms with Crippen molar-refractivity contribution in [3.63, 3.8) is 0 Å². The maximum atomic E-state index is 9.93. The van der Waals surface area contributed by atoms with Crippen LogP contribution in [0.2, 0.25) is 0 Å². The van der Waals surface area contributed by atoms with Gasteiger partial charge in [-0.2, -0.15) is 5.26 Å². The van der Waals surface area contributed by atoms with Crippen LogP contribution in [0.4, 0.5) is 0 Å². The predicted octanol–water partition coefficient (Wildman–Crippen LogP) is 13.5. The van der Waals surface area contributed by atoms with Crippen LogP contribution in [0, 0.1) is 11.3 Å². The molecule has 0 bridgehead atoms. The summed E-state index contributed by atoms with van der Waals surface area (Å²) < 4.78 is 43.2. The molecule has 0 N–H and O–H groups in total. The van der Waals surface area contributed by atoms with Gasteiger partial charge in [0.15, 0.2) is 23.3 Å². The molecule has 10 rings (SSSR count). The first kappa shape index (κ1) is 32.2. The standard InChI is InChI=1S/C56H36N6/c57-37-45-26-13-14-29-46(45)42-27-17-28-44(34-42)55-60-54(41-24-11-4-12-25-41)61-56(62-55)49-33-32-43(35-50(49)38-18-5-1-6-19-38)47-30-15-16-31-48(47)52-36-51(39-20-7-2-8-21-39)58-53(59-52)40-22-9-3-10-23-40/h1-36H/i4D,11D,12D,24D,25D. The lowest BCUT2D eigenvalue weighted by atomic mass is 9.91. The van der Waals surface area contributed by atoms with Crippen molar-refractivity contribution in [1.82, 2.24) is 24.9 Å². The first-order chi connectivity index (χ1) is 32.7. The van der Waals surface area contributed by atoms with Gasteiger partial charge in [-0.15, -0.1) is 0 Å². The van der Waals surface area contributed by atoms with Gasteiger partial charge in [-0.05, 0) is 63.7 Å². The third-order valence-electron chi connectivity index (χ3n) is 10.5. The average molecular weight is 798 g/mol. The molecule has 62 heavy (non-hydrogen) atoms. The Morgan fingerprint density at radius 2 is 0.855 bits per heavy atom. The summed E-state index contributed by atoms with van der Waals surface area (Å²) >= 11 is 0. The second kappa shape index (κ2) is 16.9. The third-order valence-corrected chi connectivity index (χ3v) is 10.5. The van der Waals surface area contributed by atoms with Gasteiger partial charge in [-0.3, -0.25) is 0 Å². The van der Waals surface area contributed by atoms with Crippen molar-refractivity contribution in [2.75, 3.05) is 0 Å².